The Labute approximate surface area is 205 Å². The van der Waals surface area contributed by atoms with E-state index in [4.69, 9.17) is 9.47 Å². The summed E-state index contributed by atoms with van der Waals surface area (Å²) < 4.78 is 12.7. The molecule has 176 valence electrons. The van der Waals surface area contributed by atoms with E-state index in [1.807, 2.05) is 121 Å². The molecule has 4 aromatic carbocycles. The third kappa shape index (κ3) is 3.91. The van der Waals surface area contributed by atoms with E-state index in [1.165, 1.54) is 0 Å². The third-order valence-electron chi connectivity index (χ3n) is 6.33. The van der Waals surface area contributed by atoms with Crippen molar-refractivity contribution in [3.8, 4) is 0 Å². The zero-order valence-electron chi connectivity index (χ0n) is 19.8. The van der Waals surface area contributed by atoms with E-state index in [0.29, 0.717) is 22.3 Å². The topological polar surface area (TPSA) is 58.9 Å². The van der Waals surface area contributed by atoms with Crippen LogP contribution in [0.2, 0.25) is 0 Å². The van der Waals surface area contributed by atoms with Crippen LogP contribution in [0.25, 0.3) is 0 Å². The molecule has 0 saturated carbocycles. The van der Waals surface area contributed by atoms with Crippen LogP contribution >= 0.6 is 0 Å². The van der Waals surface area contributed by atoms with Crippen LogP contribution in [0.3, 0.4) is 0 Å². The minimum Gasteiger partial charge on any atom is -0.450 e. The van der Waals surface area contributed by atoms with Crippen LogP contribution in [0.1, 0.15) is 36.1 Å². The summed E-state index contributed by atoms with van der Waals surface area (Å²) in [7, 11) is 0. The minimum absolute atomic E-state index is 0.148. The highest BCUT2D eigenvalue weighted by Crippen LogP contribution is 2.51. The van der Waals surface area contributed by atoms with Gasteiger partial charge in [0, 0.05) is 13.8 Å². The van der Waals surface area contributed by atoms with Gasteiger partial charge in [-0.15, -0.1) is 0 Å². The fourth-order valence-electron chi connectivity index (χ4n) is 4.66. The smallest absolute Gasteiger partial charge is 0.245 e. The molecule has 0 saturated heterocycles. The van der Waals surface area contributed by atoms with Gasteiger partial charge in [-0.05, 0) is 22.3 Å². The third-order valence-corrected chi connectivity index (χ3v) is 6.33. The summed E-state index contributed by atoms with van der Waals surface area (Å²) in [4.78, 5) is 0. The Morgan fingerprint density at radius 2 is 0.686 bits per heavy atom. The molecule has 0 fully saturated rings. The Morgan fingerprint density at radius 3 is 0.914 bits per heavy atom. The van der Waals surface area contributed by atoms with Crippen molar-refractivity contribution in [2.24, 2.45) is 0 Å². The maximum absolute atomic E-state index is 12.5. The van der Waals surface area contributed by atoms with Gasteiger partial charge in [0.1, 0.15) is 0 Å². The molecule has 4 heteroatoms. The maximum atomic E-state index is 12.5. The summed E-state index contributed by atoms with van der Waals surface area (Å²) in [5.74, 6) is -0.829. The molecule has 0 amide bonds. The molecule has 0 atom stereocenters. The van der Waals surface area contributed by atoms with E-state index in [2.05, 4.69) is 0 Å². The second kappa shape index (κ2) is 8.73. The first-order valence-electron chi connectivity index (χ1n) is 11.7. The predicted octanol–water partition coefficient (Wildman–Crippen LogP) is 5.85. The van der Waals surface area contributed by atoms with Gasteiger partial charge in [-0.2, -0.15) is 0 Å². The van der Waals surface area contributed by atoms with Crippen molar-refractivity contribution in [3.05, 3.63) is 155 Å². The number of ether oxygens (including phenoxy) is 2. The Hall–Kier alpha value is -3.86. The van der Waals surface area contributed by atoms with Crippen LogP contribution in [0.15, 0.2) is 133 Å². The molecule has 2 N–H and O–H groups in total. The largest absolute Gasteiger partial charge is 0.450 e. The first kappa shape index (κ1) is 22.9. The average molecular weight is 465 g/mol. The molecule has 0 bridgehead atoms. The van der Waals surface area contributed by atoms with Gasteiger partial charge >= 0.3 is 0 Å². The molecule has 0 aromatic heterocycles. The molecule has 5 rings (SSSR count). The van der Waals surface area contributed by atoms with Crippen molar-refractivity contribution in [1.82, 2.24) is 0 Å². The summed E-state index contributed by atoms with van der Waals surface area (Å²) in [5, 5.41) is 25.1. The molecule has 35 heavy (non-hydrogen) atoms. The number of aliphatic hydroxyl groups is 2. The highest BCUT2D eigenvalue weighted by Gasteiger charge is 2.54. The first-order valence-corrected chi connectivity index (χ1v) is 11.7. The summed E-state index contributed by atoms with van der Waals surface area (Å²) >= 11 is 0. The second-order valence-corrected chi connectivity index (χ2v) is 9.15. The van der Waals surface area contributed by atoms with Crippen LogP contribution in [0, 0.1) is 0 Å². The van der Waals surface area contributed by atoms with Gasteiger partial charge < -0.3 is 19.7 Å². The zero-order chi connectivity index (χ0) is 24.5. The van der Waals surface area contributed by atoms with Crippen molar-refractivity contribution < 1.29 is 19.7 Å². The molecule has 0 radical (unpaired) electrons. The SMILES string of the molecule is CC1(C)OC(C(O)(c2ccccc2)c2ccccc2)=C(C(O)(c2ccccc2)c2ccccc2)O1. The summed E-state index contributed by atoms with van der Waals surface area (Å²) in [6.45, 7) is 3.54. The van der Waals surface area contributed by atoms with Gasteiger partial charge in [-0.1, -0.05) is 121 Å². The van der Waals surface area contributed by atoms with Crippen LogP contribution in [-0.4, -0.2) is 16.0 Å². The molecule has 0 spiro atoms. The van der Waals surface area contributed by atoms with Gasteiger partial charge in [0.2, 0.25) is 5.79 Å². The van der Waals surface area contributed by atoms with Gasteiger partial charge in [0.05, 0.1) is 0 Å². The molecular formula is C31H28O4. The molecule has 0 aliphatic carbocycles. The second-order valence-electron chi connectivity index (χ2n) is 9.15. The summed E-state index contributed by atoms with van der Waals surface area (Å²) in [6, 6.07) is 37.3. The highest BCUT2D eigenvalue weighted by molar-refractivity contribution is 5.51. The highest BCUT2D eigenvalue weighted by atomic mass is 16.7. The van der Waals surface area contributed by atoms with E-state index in [9.17, 15) is 10.2 Å². The molecule has 4 nitrogen and oxygen atoms in total. The zero-order valence-corrected chi connectivity index (χ0v) is 19.8. The van der Waals surface area contributed by atoms with Crippen LogP contribution < -0.4 is 0 Å². The molecule has 1 heterocycles. The van der Waals surface area contributed by atoms with Crippen molar-refractivity contribution in [2.45, 2.75) is 30.8 Å². The summed E-state index contributed by atoms with van der Waals surface area (Å²) in [6.07, 6.45) is 0. The lowest BCUT2D eigenvalue weighted by molar-refractivity contribution is -0.146. The predicted molar refractivity (Wildman–Crippen MR) is 135 cm³/mol. The summed E-state index contributed by atoms with van der Waals surface area (Å²) in [5.41, 5.74) is -1.04. The fraction of sp³-hybridized carbons (Fsp3) is 0.161. The lowest BCUT2D eigenvalue weighted by Gasteiger charge is -2.34. The Kier molecular flexibility index (Phi) is 5.72. The standard InChI is InChI=1S/C31H28O4/c1-29(2)34-27(30(32,23-15-7-3-8-16-23)24-17-9-4-10-18-24)28(35-29)31(33,25-19-11-5-12-20-25)26-21-13-6-14-22-26/h3-22,32-33H,1-2H3. The molecule has 4 aromatic rings. The average Bonchev–Trinajstić information content (AvgIpc) is 3.26. The quantitative estimate of drug-likeness (QED) is 0.376. The Balaban J connectivity index is 1.86. The molecule has 0 unspecified atom stereocenters. The Bertz CT molecular complexity index is 1130. The van der Waals surface area contributed by atoms with Crippen molar-refractivity contribution >= 4 is 0 Å². The van der Waals surface area contributed by atoms with Crippen molar-refractivity contribution in [2.75, 3.05) is 0 Å². The number of benzene rings is 4. The van der Waals surface area contributed by atoms with Crippen molar-refractivity contribution in [1.29, 1.82) is 0 Å². The monoisotopic (exact) mass is 464 g/mol. The van der Waals surface area contributed by atoms with Gasteiger partial charge in [-0.25, -0.2) is 0 Å². The normalized spacial score (nSPS) is 15.4. The minimum atomic E-state index is -1.72. The Morgan fingerprint density at radius 1 is 0.457 bits per heavy atom. The van der Waals surface area contributed by atoms with E-state index < -0.39 is 17.0 Å². The van der Waals surface area contributed by atoms with Gasteiger partial charge in [0.15, 0.2) is 22.7 Å². The van der Waals surface area contributed by atoms with Crippen LogP contribution in [0.5, 0.6) is 0 Å². The first-order chi connectivity index (χ1) is 16.9. The van der Waals surface area contributed by atoms with Gasteiger partial charge in [-0.3, -0.25) is 0 Å². The molecule has 1 aliphatic rings. The van der Waals surface area contributed by atoms with Gasteiger partial charge in [0.25, 0.3) is 0 Å². The van der Waals surface area contributed by atoms with E-state index in [-0.39, 0.29) is 11.5 Å². The number of hydrogen-bond acceptors (Lipinski definition) is 4. The molecular weight excluding hydrogens is 436 g/mol. The lowest BCUT2D eigenvalue weighted by Crippen LogP contribution is -2.36. The van der Waals surface area contributed by atoms with E-state index in [1.54, 1.807) is 13.8 Å². The maximum Gasteiger partial charge on any atom is 0.245 e. The fourth-order valence-corrected chi connectivity index (χ4v) is 4.66. The lowest BCUT2D eigenvalue weighted by atomic mass is 9.78. The van der Waals surface area contributed by atoms with Crippen LogP contribution in [-0.2, 0) is 20.7 Å². The van der Waals surface area contributed by atoms with E-state index >= 15 is 0 Å². The van der Waals surface area contributed by atoms with Crippen molar-refractivity contribution in [3.63, 3.8) is 0 Å². The molecule has 1 aliphatic heterocycles. The number of hydrogen-bond donors (Lipinski definition) is 2. The number of rotatable bonds is 6. The van der Waals surface area contributed by atoms with E-state index in [0.717, 1.165) is 0 Å². The van der Waals surface area contributed by atoms with Crippen LogP contribution in [0.4, 0.5) is 0 Å².